The van der Waals surface area contributed by atoms with Crippen molar-refractivity contribution in [2.75, 3.05) is 49.6 Å². The summed E-state index contributed by atoms with van der Waals surface area (Å²) >= 11 is 0. The van der Waals surface area contributed by atoms with E-state index in [4.69, 9.17) is 9.26 Å². The predicted molar refractivity (Wildman–Crippen MR) is 82.4 cm³/mol. The molecule has 2 aromatic rings. The fourth-order valence-corrected chi connectivity index (χ4v) is 2.22. The number of carbonyl (C=O) groups is 1. The van der Waals surface area contributed by atoms with Gasteiger partial charge in [-0.05, 0) is 0 Å². The molecule has 9 nitrogen and oxygen atoms in total. The number of nitrogens with one attached hydrogen (secondary N) is 2. The summed E-state index contributed by atoms with van der Waals surface area (Å²) in [5.41, 5.74) is 1.01. The average molecular weight is 318 g/mol. The van der Waals surface area contributed by atoms with Crippen LogP contribution in [0.25, 0.3) is 0 Å². The van der Waals surface area contributed by atoms with Gasteiger partial charge in [0, 0.05) is 38.3 Å². The van der Waals surface area contributed by atoms with Crippen molar-refractivity contribution in [3.8, 4) is 0 Å². The Bertz CT molecular complexity index is 627. The Morgan fingerprint density at radius 3 is 2.96 bits per heavy atom. The minimum Gasteiger partial charge on any atom is -0.378 e. The van der Waals surface area contributed by atoms with Crippen LogP contribution in [0.2, 0.25) is 0 Å². The predicted octanol–water partition coefficient (Wildman–Crippen LogP) is 0.143. The van der Waals surface area contributed by atoms with Gasteiger partial charge in [0.05, 0.1) is 31.3 Å². The second kappa shape index (κ2) is 7.54. The van der Waals surface area contributed by atoms with Crippen LogP contribution < -0.4 is 15.5 Å². The van der Waals surface area contributed by atoms with E-state index in [1.54, 1.807) is 6.20 Å². The van der Waals surface area contributed by atoms with Crippen molar-refractivity contribution in [1.82, 2.24) is 20.7 Å². The average Bonchev–Trinajstić information content (AvgIpc) is 3.14. The molecule has 1 fully saturated rings. The van der Waals surface area contributed by atoms with E-state index in [0.717, 1.165) is 32.0 Å². The molecule has 0 saturated carbocycles. The second-order valence-electron chi connectivity index (χ2n) is 4.96. The lowest BCUT2D eigenvalue weighted by molar-refractivity contribution is 0.0918. The number of rotatable bonds is 6. The van der Waals surface area contributed by atoms with Crippen LogP contribution in [0.5, 0.6) is 0 Å². The maximum absolute atomic E-state index is 11.7. The van der Waals surface area contributed by atoms with E-state index in [-0.39, 0.29) is 11.7 Å². The first-order valence-electron chi connectivity index (χ1n) is 7.41. The molecule has 0 unspecified atom stereocenters. The van der Waals surface area contributed by atoms with Gasteiger partial charge < -0.3 is 24.8 Å². The van der Waals surface area contributed by atoms with Crippen LogP contribution in [-0.2, 0) is 4.74 Å². The Kier molecular flexibility index (Phi) is 4.99. The molecule has 3 rings (SSSR count). The summed E-state index contributed by atoms with van der Waals surface area (Å²) in [6, 6.07) is 3.45. The Hall–Kier alpha value is -2.68. The highest BCUT2D eigenvalue weighted by Gasteiger charge is 2.12. The van der Waals surface area contributed by atoms with E-state index in [2.05, 4.69) is 30.9 Å². The van der Waals surface area contributed by atoms with Gasteiger partial charge in [-0.25, -0.2) is 0 Å². The largest absolute Gasteiger partial charge is 0.378 e. The number of amides is 1. The summed E-state index contributed by atoms with van der Waals surface area (Å²) in [4.78, 5) is 13.9. The number of anilines is 2. The fraction of sp³-hybridized carbons (Fsp3) is 0.429. The number of hydrogen-bond acceptors (Lipinski definition) is 8. The summed E-state index contributed by atoms with van der Waals surface area (Å²) in [7, 11) is 0. The number of hydrogen-bond donors (Lipinski definition) is 2. The molecule has 1 amide bonds. The summed E-state index contributed by atoms with van der Waals surface area (Å²) in [6.07, 6.45) is 3.17. The Morgan fingerprint density at radius 1 is 1.30 bits per heavy atom. The molecule has 3 heterocycles. The van der Waals surface area contributed by atoms with Crippen LogP contribution in [0.1, 0.15) is 10.6 Å². The molecule has 0 aromatic carbocycles. The molecule has 0 radical (unpaired) electrons. The molecule has 0 atom stereocenters. The maximum atomic E-state index is 11.7. The van der Waals surface area contributed by atoms with E-state index < -0.39 is 0 Å². The van der Waals surface area contributed by atoms with Crippen molar-refractivity contribution in [1.29, 1.82) is 0 Å². The summed E-state index contributed by atoms with van der Waals surface area (Å²) < 4.78 is 10.1. The Balaban J connectivity index is 1.45. The van der Waals surface area contributed by atoms with Gasteiger partial charge in [-0.1, -0.05) is 5.16 Å². The Labute approximate surface area is 133 Å². The zero-order valence-electron chi connectivity index (χ0n) is 12.6. The van der Waals surface area contributed by atoms with Crippen LogP contribution in [0.4, 0.5) is 11.5 Å². The van der Waals surface area contributed by atoms with Crippen LogP contribution >= 0.6 is 0 Å². The molecule has 9 heteroatoms. The zero-order valence-corrected chi connectivity index (χ0v) is 12.6. The minimum absolute atomic E-state index is 0.194. The van der Waals surface area contributed by atoms with E-state index in [9.17, 15) is 4.79 Å². The fourth-order valence-electron chi connectivity index (χ4n) is 2.22. The summed E-state index contributed by atoms with van der Waals surface area (Å²) in [6.45, 7) is 4.10. The molecule has 23 heavy (non-hydrogen) atoms. The highest BCUT2D eigenvalue weighted by atomic mass is 16.5. The molecule has 1 aliphatic rings. The SMILES string of the molecule is O=C(NCCNc1cc(N2CCOCC2)cnn1)c1ccno1. The van der Waals surface area contributed by atoms with Crippen LogP contribution in [0, 0.1) is 0 Å². The molecule has 0 aliphatic carbocycles. The quantitative estimate of drug-likeness (QED) is 0.725. The van der Waals surface area contributed by atoms with Gasteiger partial charge in [-0.15, -0.1) is 5.10 Å². The highest BCUT2D eigenvalue weighted by molar-refractivity contribution is 5.91. The molecule has 2 aromatic heterocycles. The smallest absolute Gasteiger partial charge is 0.289 e. The molecule has 0 spiro atoms. The first-order chi connectivity index (χ1) is 11.3. The first-order valence-corrected chi connectivity index (χ1v) is 7.41. The molecular weight excluding hydrogens is 300 g/mol. The van der Waals surface area contributed by atoms with E-state index >= 15 is 0 Å². The van der Waals surface area contributed by atoms with Gasteiger partial charge >= 0.3 is 0 Å². The van der Waals surface area contributed by atoms with Gasteiger partial charge in [-0.2, -0.15) is 5.10 Å². The number of ether oxygens (including phenoxy) is 1. The minimum atomic E-state index is -0.294. The molecule has 0 bridgehead atoms. The molecule has 122 valence electrons. The van der Waals surface area contributed by atoms with Gasteiger partial charge in [0.25, 0.3) is 5.91 Å². The number of morpholine rings is 1. The van der Waals surface area contributed by atoms with E-state index in [1.165, 1.54) is 12.3 Å². The topological polar surface area (TPSA) is 105 Å². The first kappa shape index (κ1) is 15.2. The van der Waals surface area contributed by atoms with Gasteiger partial charge in [0.15, 0.2) is 5.82 Å². The lowest BCUT2D eigenvalue weighted by atomic mass is 10.3. The van der Waals surface area contributed by atoms with Crippen molar-refractivity contribution in [2.24, 2.45) is 0 Å². The third-order valence-corrected chi connectivity index (χ3v) is 3.39. The van der Waals surface area contributed by atoms with Gasteiger partial charge in [-0.3, -0.25) is 4.79 Å². The summed E-state index contributed by atoms with van der Waals surface area (Å²) in [5.74, 6) is 0.569. The van der Waals surface area contributed by atoms with Gasteiger partial charge in [0.1, 0.15) is 0 Å². The summed E-state index contributed by atoms with van der Waals surface area (Å²) in [5, 5.41) is 17.4. The third kappa shape index (κ3) is 4.16. The van der Waals surface area contributed by atoms with Crippen molar-refractivity contribution in [3.05, 3.63) is 30.3 Å². The number of aromatic nitrogens is 3. The zero-order chi connectivity index (χ0) is 15.9. The van der Waals surface area contributed by atoms with Crippen LogP contribution in [0.3, 0.4) is 0 Å². The number of carbonyl (C=O) groups excluding carboxylic acids is 1. The molecule has 2 N–H and O–H groups in total. The van der Waals surface area contributed by atoms with Crippen molar-refractivity contribution in [3.63, 3.8) is 0 Å². The lowest BCUT2D eigenvalue weighted by Crippen LogP contribution is -2.36. The molecular formula is C14H18N6O3. The van der Waals surface area contributed by atoms with E-state index in [1.807, 2.05) is 6.07 Å². The third-order valence-electron chi connectivity index (χ3n) is 3.39. The molecule has 1 saturated heterocycles. The van der Waals surface area contributed by atoms with Crippen molar-refractivity contribution < 1.29 is 14.1 Å². The number of nitrogens with zero attached hydrogens (tertiary/aromatic N) is 4. The standard InChI is InChI=1S/C14H18N6O3/c21-14(12-1-2-18-23-12)16-4-3-15-13-9-11(10-17-19-13)20-5-7-22-8-6-20/h1-2,9-10H,3-8H2,(H,15,19)(H,16,21). The monoisotopic (exact) mass is 318 g/mol. The van der Waals surface area contributed by atoms with E-state index in [0.29, 0.717) is 18.9 Å². The van der Waals surface area contributed by atoms with Crippen molar-refractivity contribution in [2.45, 2.75) is 0 Å². The van der Waals surface area contributed by atoms with Crippen LogP contribution in [-0.4, -0.2) is 60.7 Å². The second-order valence-corrected chi connectivity index (χ2v) is 4.96. The Morgan fingerprint density at radius 2 is 2.17 bits per heavy atom. The maximum Gasteiger partial charge on any atom is 0.289 e. The normalized spacial score (nSPS) is 14.5. The molecule has 1 aliphatic heterocycles. The van der Waals surface area contributed by atoms with Gasteiger partial charge in [0.2, 0.25) is 5.76 Å². The lowest BCUT2D eigenvalue weighted by Gasteiger charge is -2.28. The highest BCUT2D eigenvalue weighted by Crippen LogP contribution is 2.16. The van der Waals surface area contributed by atoms with Crippen LogP contribution in [0.15, 0.2) is 29.0 Å². The van der Waals surface area contributed by atoms with Crippen molar-refractivity contribution >= 4 is 17.4 Å².